The summed E-state index contributed by atoms with van der Waals surface area (Å²) in [7, 11) is 0. The Labute approximate surface area is 87.1 Å². The van der Waals surface area contributed by atoms with Crippen LogP contribution in [-0.2, 0) is 0 Å². The molecule has 1 saturated heterocycles. The minimum Gasteiger partial charge on any atom is -0.390 e. The van der Waals surface area contributed by atoms with E-state index in [2.05, 4.69) is 5.32 Å². The Kier molecular flexibility index (Phi) is 3.13. The predicted octanol–water partition coefficient (Wildman–Crippen LogP) is 2.07. The lowest BCUT2D eigenvalue weighted by Gasteiger charge is -2.32. The summed E-state index contributed by atoms with van der Waals surface area (Å²) in [6, 6.07) is 0.575. The first-order valence-electron chi connectivity index (χ1n) is 6.14. The maximum absolute atomic E-state index is 10.4. The highest BCUT2D eigenvalue weighted by molar-refractivity contribution is 4.90. The van der Waals surface area contributed by atoms with E-state index in [9.17, 15) is 5.11 Å². The second-order valence-electron chi connectivity index (χ2n) is 5.34. The van der Waals surface area contributed by atoms with Gasteiger partial charge in [-0.1, -0.05) is 12.8 Å². The topological polar surface area (TPSA) is 32.3 Å². The van der Waals surface area contributed by atoms with Crippen LogP contribution in [0.25, 0.3) is 0 Å². The van der Waals surface area contributed by atoms with E-state index in [1.165, 1.54) is 38.5 Å². The van der Waals surface area contributed by atoms with E-state index < -0.39 is 5.60 Å². The molecule has 1 heterocycles. The summed E-state index contributed by atoms with van der Waals surface area (Å²) >= 11 is 0. The van der Waals surface area contributed by atoms with E-state index in [0.717, 1.165) is 13.0 Å². The summed E-state index contributed by atoms with van der Waals surface area (Å²) in [5.74, 6) is 0.560. The first kappa shape index (κ1) is 10.4. The molecule has 1 aliphatic carbocycles. The molecule has 2 heteroatoms. The second-order valence-corrected chi connectivity index (χ2v) is 5.34. The molecule has 0 unspecified atom stereocenters. The van der Waals surface area contributed by atoms with Crippen molar-refractivity contribution in [2.24, 2.45) is 5.92 Å². The lowest BCUT2D eigenvalue weighted by atomic mass is 9.82. The van der Waals surface area contributed by atoms with Gasteiger partial charge in [0.25, 0.3) is 0 Å². The largest absolute Gasteiger partial charge is 0.390 e. The van der Waals surface area contributed by atoms with E-state index in [4.69, 9.17) is 0 Å². The Balaban J connectivity index is 1.86. The van der Waals surface area contributed by atoms with Crippen molar-refractivity contribution in [3.8, 4) is 0 Å². The fraction of sp³-hybridized carbons (Fsp3) is 1.00. The predicted molar refractivity (Wildman–Crippen MR) is 58.2 cm³/mol. The molecular weight excluding hydrogens is 174 g/mol. The van der Waals surface area contributed by atoms with Crippen LogP contribution >= 0.6 is 0 Å². The van der Waals surface area contributed by atoms with E-state index >= 15 is 0 Å². The Morgan fingerprint density at radius 1 is 1.21 bits per heavy atom. The van der Waals surface area contributed by atoms with Crippen LogP contribution in [0, 0.1) is 5.92 Å². The quantitative estimate of drug-likeness (QED) is 0.726. The van der Waals surface area contributed by atoms with Gasteiger partial charge in [-0.3, -0.25) is 0 Å². The summed E-state index contributed by atoms with van der Waals surface area (Å²) in [5.41, 5.74) is -0.418. The molecule has 2 N–H and O–H groups in total. The van der Waals surface area contributed by atoms with Crippen LogP contribution < -0.4 is 5.32 Å². The van der Waals surface area contributed by atoms with Crippen LogP contribution in [0.1, 0.15) is 51.9 Å². The molecule has 0 aromatic heterocycles. The summed E-state index contributed by atoms with van der Waals surface area (Å²) in [6.07, 6.45) is 8.60. The van der Waals surface area contributed by atoms with Crippen LogP contribution in [0.15, 0.2) is 0 Å². The zero-order valence-corrected chi connectivity index (χ0v) is 9.26. The normalized spacial score (nSPS) is 33.4. The van der Waals surface area contributed by atoms with Gasteiger partial charge in [-0.2, -0.15) is 0 Å². The Hall–Kier alpha value is -0.0800. The first-order chi connectivity index (χ1) is 6.68. The minimum absolute atomic E-state index is 0.418. The molecule has 1 saturated carbocycles. The van der Waals surface area contributed by atoms with Crippen LogP contribution in [0.3, 0.4) is 0 Å². The maximum Gasteiger partial charge on any atom is 0.0662 e. The second kappa shape index (κ2) is 4.19. The monoisotopic (exact) mass is 197 g/mol. The number of hydrogen-bond acceptors (Lipinski definition) is 2. The summed E-state index contributed by atoms with van der Waals surface area (Å²) in [5, 5.41) is 13.9. The molecule has 0 aromatic rings. The minimum atomic E-state index is -0.418. The van der Waals surface area contributed by atoms with Gasteiger partial charge in [0.1, 0.15) is 0 Å². The van der Waals surface area contributed by atoms with Crippen molar-refractivity contribution in [1.82, 2.24) is 5.32 Å². The van der Waals surface area contributed by atoms with E-state index in [-0.39, 0.29) is 0 Å². The molecule has 2 nitrogen and oxygen atoms in total. The zero-order chi connectivity index (χ0) is 10.0. The fourth-order valence-electron chi connectivity index (χ4n) is 3.14. The summed E-state index contributed by atoms with van der Waals surface area (Å²) in [6.45, 7) is 3.19. The molecule has 0 spiro atoms. The average Bonchev–Trinajstić information content (AvgIpc) is 2.71. The van der Waals surface area contributed by atoms with Crippen molar-refractivity contribution in [3.05, 3.63) is 0 Å². The van der Waals surface area contributed by atoms with Gasteiger partial charge in [0.05, 0.1) is 5.60 Å². The van der Waals surface area contributed by atoms with Crippen LogP contribution in [0.2, 0.25) is 0 Å². The third kappa shape index (κ3) is 2.29. The van der Waals surface area contributed by atoms with Gasteiger partial charge < -0.3 is 10.4 Å². The molecule has 0 radical (unpaired) electrons. The van der Waals surface area contributed by atoms with Crippen LogP contribution in [-0.4, -0.2) is 23.3 Å². The Morgan fingerprint density at radius 2 is 1.93 bits per heavy atom. The van der Waals surface area contributed by atoms with Crippen molar-refractivity contribution in [2.75, 3.05) is 6.54 Å². The van der Waals surface area contributed by atoms with Crippen molar-refractivity contribution in [1.29, 1.82) is 0 Å². The van der Waals surface area contributed by atoms with Gasteiger partial charge in [0.15, 0.2) is 0 Å². The molecule has 2 fully saturated rings. The molecule has 82 valence electrons. The third-order valence-corrected chi connectivity index (χ3v) is 4.06. The molecule has 1 aliphatic heterocycles. The number of nitrogens with one attached hydrogen (secondary N) is 1. The third-order valence-electron chi connectivity index (χ3n) is 4.06. The first-order valence-corrected chi connectivity index (χ1v) is 6.14. The van der Waals surface area contributed by atoms with Gasteiger partial charge in [0.2, 0.25) is 0 Å². The summed E-state index contributed by atoms with van der Waals surface area (Å²) < 4.78 is 0. The van der Waals surface area contributed by atoms with Crippen LogP contribution in [0.4, 0.5) is 0 Å². The molecule has 0 aromatic carbocycles. The highest BCUT2D eigenvalue weighted by Crippen LogP contribution is 2.37. The molecule has 0 bridgehead atoms. The highest BCUT2D eigenvalue weighted by atomic mass is 16.3. The number of hydrogen-bond donors (Lipinski definition) is 2. The molecule has 14 heavy (non-hydrogen) atoms. The maximum atomic E-state index is 10.4. The van der Waals surface area contributed by atoms with Gasteiger partial charge in [0, 0.05) is 6.04 Å². The molecular formula is C12H23NO. The SMILES string of the molecule is C[C@@](O)(C[C@H]1CCCN1)C1CCCC1. The lowest BCUT2D eigenvalue weighted by molar-refractivity contribution is -0.0133. The standard InChI is InChI=1S/C12H23NO/c1-12(14,10-5-2-3-6-10)9-11-7-4-8-13-11/h10-11,13-14H,2-9H2,1H3/t11-,12-/m1/s1. The van der Waals surface area contributed by atoms with Gasteiger partial charge in [-0.25, -0.2) is 0 Å². The van der Waals surface area contributed by atoms with Crippen molar-refractivity contribution < 1.29 is 5.11 Å². The Morgan fingerprint density at radius 3 is 2.50 bits per heavy atom. The van der Waals surface area contributed by atoms with Crippen LogP contribution in [0.5, 0.6) is 0 Å². The smallest absolute Gasteiger partial charge is 0.0662 e. The van der Waals surface area contributed by atoms with Crippen molar-refractivity contribution >= 4 is 0 Å². The average molecular weight is 197 g/mol. The van der Waals surface area contributed by atoms with E-state index in [1.807, 2.05) is 6.92 Å². The lowest BCUT2D eigenvalue weighted by Crippen LogP contribution is -2.39. The van der Waals surface area contributed by atoms with E-state index in [0.29, 0.717) is 12.0 Å². The van der Waals surface area contributed by atoms with Gasteiger partial charge in [-0.05, 0) is 51.5 Å². The van der Waals surface area contributed by atoms with Gasteiger partial charge in [-0.15, -0.1) is 0 Å². The molecule has 2 aliphatic rings. The molecule has 0 amide bonds. The highest BCUT2D eigenvalue weighted by Gasteiger charge is 2.36. The van der Waals surface area contributed by atoms with Crippen molar-refractivity contribution in [2.45, 2.75) is 63.5 Å². The van der Waals surface area contributed by atoms with Crippen molar-refractivity contribution in [3.63, 3.8) is 0 Å². The van der Waals surface area contributed by atoms with Gasteiger partial charge >= 0.3 is 0 Å². The molecule has 2 atom stereocenters. The zero-order valence-electron chi connectivity index (χ0n) is 9.26. The number of aliphatic hydroxyl groups is 1. The Bertz CT molecular complexity index is 179. The summed E-state index contributed by atoms with van der Waals surface area (Å²) in [4.78, 5) is 0. The molecule has 2 rings (SSSR count). The number of rotatable bonds is 3. The van der Waals surface area contributed by atoms with E-state index in [1.54, 1.807) is 0 Å². The fourth-order valence-corrected chi connectivity index (χ4v) is 3.14.